The summed E-state index contributed by atoms with van der Waals surface area (Å²) in [6, 6.07) is 3.17. The Hall–Kier alpha value is -2.15. The van der Waals surface area contributed by atoms with Crippen molar-refractivity contribution in [1.82, 2.24) is 5.32 Å². The predicted octanol–water partition coefficient (Wildman–Crippen LogP) is 1.50. The molecule has 1 saturated heterocycles. The molecule has 0 spiro atoms. The van der Waals surface area contributed by atoms with E-state index in [9.17, 15) is 14.9 Å². The number of nitrogens with one attached hydrogen (secondary N) is 3. The molecule has 112 valence electrons. The standard InChI is InChI=1S/C14H18N4O3/c19-14-5-10-4-13(18(20)21)12(6-11(10)17-14)16-8-9-2-1-3-15-7-9/h4,6,9,15-16H,1-3,5,7-8H2,(H,17,19). The van der Waals surface area contributed by atoms with Crippen molar-refractivity contribution in [2.75, 3.05) is 30.3 Å². The van der Waals surface area contributed by atoms with Crippen molar-refractivity contribution in [3.8, 4) is 0 Å². The lowest BCUT2D eigenvalue weighted by molar-refractivity contribution is -0.384. The first-order chi connectivity index (χ1) is 10.1. The summed E-state index contributed by atoms with van der Waals surface area (Å²) in [4.78, 5) is 22.2. The highest BCUT2D eigenvalue weighted by Gasteiger charge is 2.25. The number of fused-ring (bicyclic) bond motifs is 1. The Balaban J connectivity index is 1.78. The summed E-state index contributed by atoms with van der Waals surface area (Å²) in [5.41, 5.74) is 1.88. The topological polar surface area (TPSA) is 96.3 Å². The molecule has 0 aromatic heterocycles. The molecule has 0 aliphatic carbocycles. The second kappa shape index (κ2) is 5.69. The van der Waals surface area contributed by atoms with Crippen LogP contribution < -0.4 is 16.0 Å². The summed E-state index contributed by atoms with van der Waals surface area (Å²) in [5.74, 6) is 0.356. The number of nitro benzene ring substituents is 1. The molecule has 1 amide bonds. The van der Waals surface area contributed by atoms with Gasteiger partial charge in [-0.15, -0.1) is 0 Å². The first-order valence-electron chi connectivity index (χ1n) is 7.19. The largest absolute Gasteiger partial charge is 0.379 e. The Morgan fingerprint density at radius 3 is 3.00 bits per heavy atom. The predicted molar refractivity (Wildman–Crippen MR) is 79.5 cm³/mol. The molecule has 7 nitrogen and oxygen atoms in total. The maximum atomic E-state index is 11.4. The fourth-order valence-corrected chi connectivity index (χ4v) is 2.91. The van der Waals surface area contributed by atoms with Crippen LogP contribution in [-0.2, 0) is 11.2 Å². The first-order valence-corrected chi connectivity index (χ1v) is 7.19. The third-order valence-corrected chi connectivity index (χ3v) is 4.02. The molecule has 2 heterocycles. The SMILES string of the molecule is O=C1Cc2cc([N+](=O)[O-])c(NCC3CCCNC3)cc2N1. The number of hydrogen-bond donors (Lipinski definition) is 3. The van der Waals surface area contributed by atoms with Gasteiger partial charge in [0.05, 0.1) is 11.3 Å². The average Bonchev–Trinajstić information content (AvgIpc) is 2.84. The van der Waals surface area contributed by atoms with E-state index >= 15 is 0 Å². The number of hydrogen-bond acceptors (Lipinski definition) is 5. The van der Waals surface area contributed by atoms with E-state index in [2.05, 4.69) is 16.0 Å². The van der Waals surface area contributed by atoms with E-state index in [1.807, 2.05) is 0 Å². The molecule has 1 unspecified atom stereocenters. The van der Waals surface area contributed by atoms with Crippen LogP contribution in [0.4, 0.5) is 17.1 Å². The summed E-state index contributed by atoms with van der Waals surface area (Å²) < 4.78 is 0. The third-order valence-electron chi connectivity index (χ3n) is 4.02. The minimum atomic E-state index is -0.398. The fourth-order valence-electron chi connectivity index (χ4n) is 2.91. The molecule has 0 radical (unpaired) electrons. The van der Waals surface area contributed by atoms with E-state index in [-0.39, 0.29) is 18.0 Å². The maximum absolute atomic E-state index is 11.4. The van der Waals surface area contributed by atoms with Gasteiger partial charge < -0.3 is 16.0 Å². The lowest BCUT2D eigenvalue weighted by Gasteiger charge is -2.23. The number of carbonyl (C=O) groups excluding carboxylic acids is 1. The van der Waals surface area contributed by atoms with E-state index in [1.54, 1.807) is 6.07 Å². The van der Waals surface area contributed by atoms with Crippen LogP contribution in [0.1, 0.15) is 18.4 Å². The van der Waals surface area contributed by atoms with E-state index < -0.39 is 4.92 Å². The molecule has 1 fully saturated rings. The maximum Gasteiger partial charge on any atom is 0.292 e. The second-order valence-corrected chi connectivity index (χ2v) is 5.60. The summed E-state index contributed by atoms with van der Waals surface area (Å²) in [5, 5.41) is 20.4. The van der Waals surface area contributed by atoms with Crippen LogP contribution in [0, 0.1) is 16.0 Å². The van der Waals surface area contributed by atoms with Crippen molar-refractivity contribution in [2.24, 2.45) is 5.92 Å². The minimum absolute atomic E-state index is 0.0361. The number of nitrogens with zero attached hydrogens (tertiary/aromatic N) is 1. The monoisotopic (exact) mass is 290 g/mol. The second-order valence-electron chi connectivity index (χ2n) is 5.60. The Morgan fingerprint density at radius 2 is 2.29 bits per heavy atom. The van der Waals surface area contributed by atoms with Gasteiger partial charge in [0.15, 0.2) is 0 Å². The van der Waals surface area contributed by atoms with E-state index in [0.717, 1.165) is 25.9 Å². The van der Waals surface area contributed by atoms with Gasteiger partial charge in [-0.05, 0) is 43.5 Å². The molecule has 7 heteroatoms. The van der Waals surface area contributed by atoms with Crippen molar-refractivity contribution in [1.29, 1.82) is 0 Å². The Labute approximate surface area is 122 Å². The van der Waals surface area contributed by atoms with Gasteiger partial charge >= 0.3 is 0 Å². The van der Waals surface area contributed by atoms with Gasteiger partial charge in [-0.1, -0.05) is 0 Å². The first kappa shape index (κ1) is 13.8. The molecular formula is C14H18N4O3. The van der Waals surface area contributed by atoms with Crippen LogP contribution in [0.15, 0.2) is 12.1 Å². The highest BCUT2D eigenvalue weighted by molar-refractivity contribution is 6.00. The van der Waals surface area contributed by atoms with Crippen molar-refractivity contribution < 1.29 is 9.72 Å². The van der Waals surface area contributed by atoms with Gasteiger partial charge in [0.2, 0.25) is 5.91 Å². The number of piperidine rings is 1. The van der Waals surface area contributed by atoms with Crippen LogP contribution in [0.25, 0.3) is 0 Å². The lowest BCUT2D eigenvalue weighted by Crippen LogP contribution is -2.33. The Kier molecular flexibility index (Phi) is 3.74. The molecule has 2 aliphatic heterocycles. The molecule has 1 aromatic rings. The van der Waals surface area contributed by atoms with Crippen LogP contribution in [0.5, 0.6) is 0 Å². The highest BCUT2D eigenvalue weighted by Crippen LogP contribution is 2.34. The van der Waals surface area contributed by atoms with Gasteiger partial charge in [-0.25, -0.2) is 0 Å². The molecule has 0 bridgehead atoms. The van der Waals surface area contributed by atoms with Gasteiger partial charge in [0.1, 0.15) is 5.69 Å². The van der Waals surface area contributed by atoms with E-state index in [1.165, 1.54) is 6.07 Å². The molecule has 21 heavy (non-hydrogen) atoms. The molecule has 0 saturated carbocycles. The van der Waals surface area contributed by atoms with E-state index in [4.69, 9.17) is 0 Å². The van der Waals surface area contributed by atoms with Crippen molar-refractivity contribution in [3.63, 3.8) is 0 Å². The zero-order chi connectivity index (χ0) is 14.8. The summed E-state index contributed by atoms with van der Waals surface area (Å²) in [6.07, 6.45) is 2.47. The molecule has 3 rings (SSSR count). The van der Waals surface area contributed by atoms with Crippen LogP contribution in [-0.4, -0.2) is 30.5 Å². The van der Waals surface area contributed by atoms with Gasteiger partial charge in [0, 0.05) is 18.3 Å². The summed E-state index contributed by atoms with van der Waals surface area (Å²) >= 11 is 0. The molecular weight excluding hydrogens is 272 g/mol. The zero-order valence-electron chi connectivity index (χ0n) is 11.6. The number of rotatable bonds is 4. The number of carbonyl (C=O) groups is 1. The third kappa shape index (κ3) is 2.97. The molecule has 2 aliphatic rings. The quantitative estimate of drug-likeness (QED) is 0.577. The number of benzene rings is 1. The van der Waals surface area contributed by atoms with Gasteiger partial charge in [0.25, 0.3) is 5.69 Å². The summed E-state index contributed by atoms with van der Waals surface area (Å²) in [6.45, 7) is 2.67. The number of anilines is 2. The smallest absolute Gasteiger partial charge is 0.292 e. The molecule has 1 aromatic carbocycles. The molecule has 1 atom stereocenters. The van der Waals surface area contributed by atoms with Crippen molar-refractivity contribution in [2.45, 2.75) is 19.3 Å². The average molecular weight is 290 g/mol. The van der Waals surface area contributed by atoms with Gasteiger partial charge in [-0.2, -0.15) is 0 Å². The number of amides is 1. The minimum Gasteiger partial charge on any atom is -0.379 e. The number of nitro groups is 1. The normalized spacial score (nSPS) is 20.8. The molecule has 3 N–H and O–H groups in total. The van der Waals surface area contributed by atoms with Crippen LogP contribution >= 0.6 is 0 Å². The highest BCUT2D eigenvalue weighted by atomic mass is 16.6. The van der Waals surface area contributed by atoms with Crippen molar-refractivity contribution in [3.05, 3.63) is 27.8 Å². The zero-order valence-corrected chi connectivity index (χ0v) is 11.6. The summed E-state index contributed by atoms with van der Waals surface area (Å²) in [7, 11) is 0. The Morgan fingerprint density at radius 1 is 1.43 bits per heavy atom. The van der Waals surface area contributed by atoms with Crippen LogP contribution in [0.2, 0.25) is 0 Å². The van der Waals surface area contributed by atoms with Gasteiger partial charge in [-0.3, -0.25) is 14.9 Å². The fraction of sp³-hybridized carbons (Fsp3) is 0.500. The Bertz CT molecular complexity index is 582. The van der Waals surface area contributed by atoms with Crippen molar-refractivity contribution >= 4 is 23.0 Å². The lowest BCUT2D eigenvalue weighted by atomic mass is 9.99. The van der Waals surface area contributed by atoms with Crippen LogP contribution in [0.3, 0.4) is 0 Å². The van der Waals surface area contributed by atoms with E-state index in [0.29, 0.717) is 29.4 Å².